The smallest absolute Gasteiger partial charge is 0.0303 e. The molecule has 0 N–H and O–H groups in total. The molecule has 1 fully saturated rings. The van der Waals surface area contributed by atoms with Crippen LogP contribution in [0.15, 0.2) is 23.9 Å². The van der Waals surface area contributed by atoms with Crippen LogP contribution in [0.1, 0.15) is 47.5 Å². The molecule has 1 aliphatic rings. The van der Waals surface area contributed by atoms with Gasteiger partial charge in [-0.3, -0.25) is 4.90 Å². The van der Waals surface area contributed by atoms with Gasteiger partial charge in [0.1, 0.15) is 0 Å². The van der Waals surface area contributed by atoms with E-state index in [0.29, 0.717) is 5.41 Å². The summed E-state index contributed by atoms with van der Waals surface area (Å²) in [4.78, 5) is 5.12. The van der Waals surface area contributed by atoms with E-state index in [1.165, 1.54) is 51.3 Å². The van der Waals surface area contributed by atoms with Gasteiger partial charge in [0.2, 0.25) is 0 Å². The van der Waals surface area contributed by atoms with E-state index in [1.807, 2.05) is 0 Å². The molecule has 0 aromatic carbocycles. The van der Waals surface area contributed by atoms with E-state index in [0.717, 1.165) is 0 Å². The quantitative estimate of drug-likeness (QED) is 0.695. The summed E-state index contributed by atoms with van der Waals surface area (Å²) >= 11 is 0. The summed E-state index contributed by atoms with van der Waals surface area (Å²) in [6.07, 6.45) is 9.18. The molecule has 0 aliphatic carbocycles. The maximum Gasteiger partial charge on any atom is 0.0303 e. The van der Waals surface area contributed by atoms with Crippen LogP contribution in [0.3, 0.4) is 0 Å². The van der Waals surface area contributed by atoms with Crippen LogP contribution in [0.4, 0.5) is 0 Å². The Morgan fingerprint density at radius 3 is 2.26 bits per heavy atom. The number of piperazine rings is 1. The highest BCUT2D eigenvalue weighted by atomic mass is 15.3. The molecule has 1 heterocycles. The third-order valence-electron chi connectivity index (χ3n) is 3.73. The topological polar surface area (TPSA) is 6.48 Å². The van der Waals surface area contributed by atoms with Gasteiger partial charge in [-0.05, 0) is 32.1 Å². The van der Waals surface area contributed by atoms with Crippen molar-refractivity contribution in [3.8, 4) is 0 Å². The van der Waals surface area contributed by atoms with Gasteiger partial charge >= 0.3 is 0 Å². The van der Waals surface area contributed by atoms with Crippen molar-refractivity contribution < 1.29 is 0 Å². The second kappa shape index (κ2) is 7.74. The Hall–Kier alpha value is -0.760. The molecule has 110 valence electrons. The zero-order chi connectivity index (χ0) is 14.3. The molecule has 0 aromatic rings. The standard InChI is InChI=1S/C17H32N2/c1-6-7-8-11-18-12-14-19(15-13-18)16(2)9-10-17(3,4)5/h6-7,9H,8,10-15H2,1-5H3/b7-6-,16-9+. The second-order valence-corrected chi connectivity index (χ2v) is 6.80. The van der Waals surface area contributed by atoms with Crippen LogP contribution in [-0.4, -0.2) is 42.5 Å². The third kappa shape index (κ3) is 6.81. The Morgan fingerprint density at radius 2 is 1.74 bits per heavy atom. The minimum atomic E-state index is 0.398. The van der Waals surface area contributed by atoms with Crippen molar-refractivity contribution in [1.82, 2.24) is 9.80 Å². The molecule has 0 unspecified atom stereocenters. The minimum Gasteiger partial charge on any atom is -0.373 e. The average molecular weight is 264 g/mol. The molecule has 1 saturated heterocycles. The number of allylic oxidation sites excluding steroid dienone is 3. The molecule has 0 saturated carbocycles. The van der Waals surface area contributed by atoms with Crippen molar-refractivity contribution in [2.75, 3.05) is 32.7 Å². The zero-order valence-corrected chi connectivity index (χ0v) is 13.6. The van der Waals surface area contributed by atoms with Gasteiger partial charge < -0.3 is 4.90 Å². The second-order valence-electron chi connectivity index (χ2n) is 6.80. The monoisotopic (exact) mass is 264 g/mol. The predicted molar refractivity (Wildman–Crippen MR) is 85.3 cm³/mol. The van der Waals surface area contributed by atoms with Crippen LogP contribution in [0, 0.1) is 5.41 Å². The van der Waals surface area contributed by atoms with Gasteiger partial charge in [-0.1, -0.05) is 39.0 Å². The van der Waals surface area contributed by atoms with E-state index < -0.39 is 0 Å². The summed E-state index contributed by atoms with van der Waals surface area (Å²) in [5, 5.41) is 0. The van der Waals surface area contributed by atoms with Gasteiger partial charge in [-0.15, -0.1) is 0 Å². The number of hydrogen-bond donors (Lipinski definition) is 0. The molecule has 1 aliphatic heterocycles. The lowest BCUT2D eigenvalue weighted by molar-refractivity contribution is 0.160. The lowest BCUT2D eigenvalue weighted by Crippen LogP contribution is -2.45. The van der Waals surface area contributed by atoms with E-state index >= 15 is 0 Å². The van der Waals surface area contributed by atoms with Crippen LogP contribution in [-0.2, 0) is 0 Å². The van der Waals surface area contributed by atoms with E-state index in [-0.39, 0.29) is 0 Å². The van der Waals surface area contributed by atoms with E-state index in [4.69, 9.17) is 0 Å². The SMILES string of the molecule is C/C=C\CCN1CCN(/C(C)=C/CC(C)(C)C)CC1. The highest BCUT2D eigenvalue weighted by Gasteiger charge is 2.16. The Kier molecular flexibility index (Phi) is 6.64. The highest BCUT2D eigenvalue weighted by molar-refractivity contribution is 5.00. The van der Waals surface area contributed by atoms with Gasteiger partial charge in [0, 0.05) is 38.4 Å². The number of nitrogens with zero attached hydrogens (tertiary/aromatic N) is 2. The molecule has 0 bridgehead atoms. The summed E-state index contributed by atoms with van der Waals surface area (Å²) in [7, 11) is 0. The van der Waals surface area contributed by atoms with Gasteiger partial charge in [0.05, 0.1) is 0 Å². The maximum atomic E-state index is 2.58. The van der Waals surface area contributed by atoms with Crippen molar-refractivity contribution in [1.29, 1.82) is 0 Å². The fourth-order valence-corrected chi connectivity index (χ4v) is 2.33. The van der Waals surface area contributed by atoms with Gasteiger partial charge in [0.15, 0.2) is 0 Å². The lowest BCUT2D eigenvalue weighted by Gasteiger charge is -2.36. The molecule has 19 heavy (non-hydrogen) atoms. The molecule has 2 nitrogen and oxygen atoms in total. The molecule has 0 atom stereocenters. The zero-order valence-electron chi connectivity index (χ0n) is 13.6. The fraction of sp³-hybridized carbons (Fsp3) is 0.765. The first-order chi connectivity index (χ1) is 8.92. The van der Waals surface area contributed by atoms with Gasteiger partial charge in [-0.25, -0.2) is 0 Å². The third-order valence-corrected chi connectivity index (χ3v) is 3.73. The summed E-state index contributed by atoms with van der Waals surface area (Å²) < 4.78 is 0. The molecule has 2 heteroatoms. The predicted octanol–water partition coefficient (Wildman–Crippen LogP) is 3.91. The molecular weight excluding hydrogens is 232 g/mol. The van der Waals surface area contributed by atoms with Crippen LogP contribution in [0.2, 0.25) is 0 Å². The molecule has 0 spiro atoms. The van der Waals surface area contributed by atoms with Crippen LogP contribution in [0.5, 0.6) is 0 Å². The summed E-state index contributed by atoms with van der Waals surface area (Å²) in [5.41, 5.74) is 1.86. The maximum absolute atomic E-state index is 2.58. The number of hydrogen-bond acceptors (Lipinski definition) is 2. The molecular formula is C17H32N2. The van der Waals surface area contributed by atoms with Crippen molar-refractivity contribution in [3.05, 3.63) is 23.9 Å². The largest absolute Gasteiger partial charge is 0.373 e. The Bertz CT molecular complexity index is 302. The van der Waals surface area contributed by atoms with Crippen molar-refractivity contribution in [2.24, 2.45) is 5.41 Å². The number of rotatable bonds is 5. The fourth-order valence-electron chi connectivity index (χ4n) is 2.33. The van der Waals surface area contributed by atoms with E-state index in [9.17, 15) is 0 Å². The van der Waals surface area contributed by atoms with E-state index in [1.54, 1.807) is 0 Å². The molecule has 0 amide bonds. The Labute approximate surface area is 120 Å². The minimum absolute atomic E-state index is 0.398. The summed E-state index contributed by atoms with van der Waals surface area (Å²) in [6.45, 7) is 17.3. The molecule has 1 rings (SSSR count). The van der Waals surface area contributed by atoms with Crippen LogP contribution < -0.4 is 0 Å². The van der Waals surface area contributed by atoms with Crippen molar-refractivity contribution >= 4 is 0 Å². The summed E-state index contributed by atoms with van der Waals surface area (Å²) in [6, 6.07) is 0. The van der Waals surface area contributed by atoms with Crippen molar-refractivity contribution in [2.45, 2.75) is 47.5 Å². The molecule has 0 radical (unpaired) electrons. The molecule has 0 aromatic heterocycles. The first-order valence-electron chi connectivity index (χ1n) is 7.67. The lowest BCUT2D eigenvalue weighted by atomic mass is 9.92. The van der Waals surface area contributed by atoms with Crippen LogP contribution >= 0.6 is 0 Å². The Morgan fingerprint density at radius 1 is 1.11 bits per heavy atom. The first-order valence-corrected chi connectivity index (χ1v) is 7.67. The van der Waals surface area contributed by atoms with Crippen molar-refractivity contribution in [3.63, 3.8) is 0 Å². The highest BCUT2D eigenvalue weighted by Crippen LogP contribution is 2.21. The van der Waals surface area contributed by atoms with Gasteiger partial charge in [-0.2, -0.15) is 0 Å². The average Bonchev–Trinajstić information content (AvgIpc) is 2.36. The van der Waals surface area contributed by atoms with Gasteiger partial charge in [0.25, 0.3) is 0 Å². The first kappa shape index (κ1) is 16.3. The normalized spacial score (nSPS) is 19.4. The Balaban J connectivity index is 2.32. The van der Waals surface area contributed by atoms with Crippen LogP contribution in [0.25, 0.3) is 0 Å². The summed E-state index contributed by atoms with van der Waals surface area (Å²) in [5.74, 6) is 0. The van der Waals surface area contributed by atoms with E-state index in [2.05, 4.69) is 62.6 Å².